The number of ether oxygens (including phenoxy) is 1. The highest BCUT2D eigenvalue weighted by molar-refractivity contribution is 5.68. The van der Waals surface area contributed by atoms with Crippen LogP contribution in [0.15, 0.2) is 29.1 Å². The molecule has 1 aromatic heterocycles. The molecular formula is C25H32F3N5O3. The zero-order valence-corrected chi connectivity index (χ0v) is 21.0. The molecule has 0 aliphatic carbocycles. The summed E-state index contributed by atoms with van der Waals surface area (Å²) in [5, 5.41) is 5.16. The van der Waals surface area contributed by atoms with Crippen LogP contribution in [-0.2, 0) is 23.9 Å². The van der Waals surface area contributed by atoms with Crippen LogP contribution in [0.2, 0.25) is 0 Å². The van der Waals surface area contributed by atoms with Crippen molar-refractivity contribution in [2.24, 2.45) is 0 Å². The molecule has 2 aromatic rings. The lowest BCUT2D eigenvalue weighted by atomic mass is 10.1. The van der Waals surface area contributed by atoms with Gasteiger partial charge in [0.2, 0.25) is 5.95 Å². The molecule has 2 aliphatic rings. The van der Waals surface area contributed by atoms with E-state index < -0.39 is 29.5 Å². The number of hydrogen-bond donors (Lipinski definition) is 1. The Morgan fingerprint density at radius 2 is 1.72 bits per heavy atom. The van der Waals surface area contributed by atoms with Crippen LogP contribution in [0.5, 0.6) is 0 Å². The number of nitrogens with zero attached hydrogens (tertiary/aromatic N) is 4. The minimum Gasteiger partial charge on any atom is -0.444 e. The highest BCUT2D eigenvalue weighted by Gasteiger charge is 2.32. The first kappa shape index (κ1) is 25.8. The number of benzene rings is 1. The third-order valence-corrected chi connectivity index (χ3v) is 6.31. The molecule has 1 atom stereocenters. The quantitative estimate of drug-likeness (QED) is 0.658. The lowest BCUT2D eigenvalue weighted by molar-refractivity contribution is -0.137. The van der Waals surface area contributed by atoms with Gasteiger partial charge in [0.15, 0.2) is 0 Å². The zero-order valence-electron chi connectivity index (χ0n) is 21.0. The number of alkyl halides is 3. The molecule has 0 spiro atoms. The third-order valence-electron chi connectivity index (χ3n) is 6.31. The lowest BCUT2D eigenvalue weighted by Crippen LogP contribution is -2.48. The number of carbonyl (C=O) groups is 1. The smallest absolute Gasteiger partial charge is 0.416 e. The summed E-state index contributed by atoms with van der Waals surface area (Å²) in [4.78, 5) is 32.6. The van der Waals surface area contributed by atoms with Crippen molar-refractivity contribution in [3.63, 3.8) is 0 Å². The first-order valence-electron chi connectivity index (χ1n) is 12.1. The van der Waals surface area contributed by atoms with Crippen LogP contribution < -0.4 is 15.9 Å². The van der Waals surface area contributed by atoms with E-state index in [2.05, 4.69) is 5.32 Å². The van der Waals surface area contributed by atoms with E-state index in [9.17, 15) is 22.8 Å². The first-order valence-corrected chi connectivity index (χ1v) is 12.1. The van der Waals surface area contributed by atoms with Crippen molar-refractivity contribution < 1.29 is 22.7 Å². The summed E-state index contributed by atoms with van der Waals surface area (Å²) in [6, 6.07) is 4.55. The van der Waals surface area contributed by atoms with Crippen molar-refractivity contribution >= 4 is 12.0 Å². The SMILES string of the molecule is C[C@H](Nc1nc2c(c(=O)n1N1CCCC1)CN(C(=O)OC(C)(C)C)CC2)c1ccc(C(F)(F)F)cc1. The van der Waals surface area contributed by atoms with Gasteiger partial charge in [-0.15, -0.1) is 0 Å². The Morgan fingerprint density at radius 3 is 2.31 bits per heavy atom. The van der Waals surface area contributed by atoms with Crippen LogP contribution in [0, 0.1) is 0 Å². The lowest BCUT2D eigenvalue weighted by Gasteiger charge is -2.32. The van der Waals surface area contributed by atoms with Crippen molar-refractivity contribution in [3.8, 4) is 0 Å². The van der Waals surface area contributed by atoms with Gasteiger partial charge in [-0.05, 0) is 58.2 Å². The fourth-order valence-corrected chi connectivity index (χ4v) is 4.44. The van der Waals surface area contributed by atoms with Crippen molar-refractivity contribution in [2.45, 2.75) is 71.3 Å². The maximum absolute atomic E-state index is 13.7. The Labute approximate surface area is 208 Å². The summed E-state index contributed by atoms with van der Waals surface area (Å²) < 4.78 is 45.9. The first-order chi connectivity index (χ1) is 16.8. The number of nitrogens with one attached hydrogen (secondary N) is 1. The summed E-state index contributed by atoms with van der Waals surface area (Å²) in [6.45, 7) is 9.03. The maximum Gasteiger partial charge on any atom is 0.416 e. The molecule has 0 saturated carbocycles. The van der Waals surface area contributed by atoms with Crippen molar-refractivity contribution in [1.29, 1.82) is 0 Å². The number of halogens is 3. The van der Waals surface area contributed by atoms with Crippen LogP contribution in [0.3, 0.4) is 0 Å². The highest BCUT2D eigenvalue weighted by Crippen LogP contribution is 2.30. The van der Waals surface area contributed by atoms with Gasteiger partial charge in [0, 0.05) is 26.1 Å². The van der Waals surface area contributed by atoms with Crippen LogP contribution in [0.25, 0.3) is 0 Å². The van der Waals surface area contributed by atoms with Crippen LogP contribution in [-0.4, -0.2) is 45.9 Å². The molecule has 0 bridgehead atoms. The van der Waals surface area contributed by atoms with E-state index in [4.69, 9.17) is 9.72 Å². The average molecular weight is 508 g/mol. The zero-order chi connectivity index (χ0) is 26.3. The van der Waals surface area contributed by atoms with Gasteiger partial charge in [0.05, 0.1) is 29.4 Å². The Hall–Kier alpha value is -3.24. The minimum absolute atomic E-state index is 0.110. The number of amides is 1. The Kier molecular flexibility index (Phi) is 6.94. The van der Waals surface area contributed by atoms with Crippen LogP contribution >= 0.6 is 0 Å². The van der Waals surface area contributed by atoms with Crippen LogP contribution in [0.1, 0.15) is 69.0 Å². The van der Waals surface area contributed by atoms with E-state index in [0.717, 1.165) is 25.0 Å². The molecule has 4 rings (SSSR count). The molecule has 1 N–H and O–H groups in total. The summed E-state index contributed by atoms with van der Waals surface area (Å²) in [7, 11) is 0. The highest BCUT2D eigenvalue weighted by atomic mass is 19.4. The van der Waals surface area contributed by atoms with Gasteiger partial charge in [-0.2, -0.15) is 17.8 Å². The molecule has 1 fully saturated rings. The second-order valence-corrected chi connectivity index (χ2v) is 10.3. The van der Waals surface area contributed by atoms with Crippen molar-refractivity contribution in [3.05, 3.63) is 57.0 Å². The molecule has 196 valence electrons. The number of aromatic nitrogens is 2. The van der Waals surface area contributed by atoms with E-state index in [0.29, 0.717) is 48.8 Å². The van der Waals surface area contributed by atoms with Crippen molar-refractivity contribution in [1.82, 2.24) is 14.6 Å². The molecule has 8 nitrogen and oxygen atoms in total. The van der Waals surface area contributed by atoms with E-state index in [1.165, 1.54) is 21.7 Å². The summed E-state index contributed by atoms with van der Waals surface area (Å²) in [6.07, 6.45) is -2.62. The standard InChI is InChI=1S/C25H32F3N5O3/c1-16(17-7-9-18(10-8-17)25(26,27)28)29-22-30-20-11-14-31(23(35)36-24(2,3)4)15-19(20)21(34)33(22)32-12-5-6-13-32/h7-10,16H,5-6,11-15H2,1-4H3,(H,29,30)/t16-/m0/s1. The van der Waals surface area contributed by atoms with Gasteiger partial charge in [0.25, 0.3) is 5.56 Å². The third kappa shape index (κ3) is 5.60. The Bertz CT molecular complexity index is 1170. The summed E-state index contributed by atoms with van der Waals surface area (Å²) >= 11 is 0. The molecule has 36 heavy (non-hydrogen) atoms. The molecule has 0 radical (unpaired) electrons. The van der Waals surface area contributed by atoms with Gasteiger partial charge in [-0.25, -0.2) is 9.78 Å². The van der Waals surface area contributed by atoms with Crippen LogP contribution in [0.4, 0.5) is 23.9 Å². The largest absolute Gasteiger partial charge is 0.444 e. The normalized spacial score (nSPS) is 17.1. The maximum atomic E-state index is 13.7. The van der Waals surface area contributed by atoms with Gasteiger partial charge < -0.3 is 20.0 Å². The molecule has 11 heteroatoms. The molecule has 3 heterocycles. The molecule has 1 aromatic carbocycles. The van der Waals surface area contributed by atoms with Gasteiger partial charge in [-0.3, -0.25) is 4.79 Å². The summed E-state index contributed by atoms with van der Waals surface area (Å²) in [5.74, 6) is 0.346. The summed E-state index contributed by atoms with van der Waals surface area (Å²) in [5.41, 5.74) is 0.0856. The van der Waals surface area contributed by atoms with E-state index in [1.807, 2.05) is 11.9 Å². The van der Waals surface area contributed by atoms with Gasteiger partial charge in [-0.1, -0.05) is 12.1 Å². The second-order valence-electron chi connectivity index (χ2n) is 10.3. The van der Waals surface area contributed by atoms with E-state index in [1.54, 1.807) is 20.8 Å². The monoisotopic (exact) mass is 507 g/mol. The fraction of sp³-hybridized carbons (Fsp3) is 0.560. The average Bonchev–Trinajstić information content (AvgIpc) is 3.32. The molecule has 2 aliphatic heterocycles. The fourth-order valence-electron chi connectivity index (χ4n) is 4.44. The molecule has 1 amide bonds. The Morgan fingerprint density at radius 1 is 1.08 bits per heavy atom. The molecule has 1 saturated heterocycles. The second kappa shape index (κ2) is 9.67. The predicted molar refractivity (Wildman–Crippen MR) is 130 cm³/mol. The number of anilines is 1. The van der Waals surface area contributed by atoms with Crippen molar-refractivity contribution in [2.75, 3.05) is 30.0 Å². The number of rotatable bonds is 4. The topological polar surface area (TPSA) is 79.7 Å². The Balaban J connectivity index is 1.64. The predicted octanol–water partition coefficient (Wildman–Crippen LogP) is 4.46. The number of carbonyl (C=O) groups excluding carboxylic acids is 1. The molecule has 0 unspecified atom stereocenters. The molecular weight excluding hydrogens is 475 g/mol. The van der Waals surface area contributed by atoms with Gasteiger partial charge >= 0.3 is 12.3 Å². The number of fused-ring (bicyclic) bond motifs is 1. The van der Waals surface area contributed by atoms with E-state index >= 15 is 0 Å². The number of hydrogen-bond acceptors (Lipinski definition) is 6. The van der Waals surface area contributed by atoms with E-state index in [-0.39, 0.29) is 12.1 Å². The van der Waals surface area contributed by atoms with Gasteiger partial charge in [0.1, 0.15) is 5.60 Å². The minimum atomic E-state index is -4.40.